The summed E-state index contributed by atoms with van der Waals surface area (Å²) in [5, 5.41) is 0. The van der Waals surface area contributed by atoms with E-state index in [9.17, 15) is 24.0 Å². The summed E-state index contributed by atoms with van der Waals surface area (Å²) in [7, 11) is 0. The average molecular weight is 480 g/mol. The van der Waals surface area contributed by atoms with Crippen LogP contribution in [0.4, 0.5) is 14.4 Å². The molecular weight excluding hydrogens is 452 g/mol. The van der Waals surface area contributed by atoms with E-state index in [2.05, 4.69) is 4.74 Å². The molecule has 1 aliphatic rings. The van der Waals surface area contributed by atoms with Gasteiger partial charge in [0.15, 0.2) is 12.2 Å². The summed E-state index contributed by atoms with van der Waals surface area (Å²) in [4.78, 5) is 59.0. The molecule has 0 saturated carbocycles. The molecule has 0 N–H and O–H groups in total. The van der Waals surface area contributed by atoms with Crippen molar-refractivity contribution in [1.82, 2.24) is 0 Å². The molecule has 0 aromatic rings. The molecule has 14 nitrogen and oxygen atoms in total. The Kier molecular flexibility index (Phi) is 11.8. The van der Waals surface area contributed by atoms with E-state index in [4.69, 9.17) is 37.9 Å². The third-order valence-electron chi connectivity index (χ3n) is 3.79. The summed E-state index contributed by atoms with van der Waals surface area (Å²) in [5.41, 5.74) is 0. The van der Waals surface area contributed by atoms with Crippen LogP contribution in [0, 0.1) is 0 Å². The molecule has 5 unspecified atom stereocenters. The Balaban J connectivity index is 3.35. The predicted molar refractivity (Wildman–Crippen MR) is 103 cm³/mol. The first-order chi connectivity index (χ1) is 15.6. The van der Waals surface area contributed by atoms with Gasteiger partial charge in [-0.3, -0.25) is 9.59 Å². The van der Waals surface area contributed by atoms with Crippen LogP contribution < -0.4 is 0 Å². The van der Waals surface area contributed by atoms with Crippen LogP contribution in [-0.2, 0) is 52.2 Å². The third-order valence-corrected chi connectivity index (χ3v) is 3.79. The first-order valence-electron chi connectivity index (χ1n) is 10.1. The van der Waals surface area contributed by atoms with E-state index in [-0.39, 0.29) is 19.8 Å². The van der Waals surface area contributed by atoms with E-state index < -0.39 is 67.7 Å². The van der Waals surface area contributed by atoms with Crippen molar-refractivity contribution in [3.8, 4) is 0 Å². The molecule has 0 aliphatic carbocycles. The van der Waals surface area contributed by atoms with Gasteiger partial charge >= 0.3 is 30.4 Å². The summed E-state index contributed by atoms with van der Waals surface area (Å²) in [6.45, 7) is 6.00. The van der Waals surface area contributed by atoms with Crippen LogP contribution in [0.15, 0.2) is 0 Å². The summed E-state index contributed by atoms with van der Waals surface area (Å²) >= 11 is 0. The minimum Gasteiger partial charge on any atom is -0.452 e. The van der Waals surface area contributed by atoms with Gasteiger partial charge in [0.25, 0.3) is 0 Å². The third kappa shape index (κ3) is 9.39. The highest BCUT2D eigenvalue weighted by atomic mass is 16.8. The maximum Gasteiger partial charge on any atom is 0.508 e. The summed E-state index contributed by atoms with van der Waals surface area (Å²) < 4.78 is 45.3. The molecule has 0 aromatic heterocycles. The second-order valence-electron chi connectivity index (χ2n) is 6.25. The molecule has 1 aliphatic heterocycles. The van der Waals surface area contributed by atoms with Crippen LogP contribution in [0.25, 0.3) is 0 Å². The molecular formula is C19H28O14. The van der Waals surface area contributed by atoms with Crippen LogP contribution in [-0.4, -0.2) is 87.5 Å². The Morgan fingerprint density at radius 1 is 0.606 bits per heavy atom. The predicted octanol–water partition coefficient (Wildman–Crippen LogP) is 1.46. The summed E-state index contributed by atoms with van der Waals surface area (Å²) in [6.07, 6.45) is -11.2. The monoisotopic (exact) mass is 480 g/mol. The minimum atomic E-state index is -1.62. The standard InChI is InChI=1S/C19H28O14/c1-6-25-17(22)28-9-12-13(32-18(23)26-7-2)14(33-19(24)27-8-3)15(29-10(4)20)16(31-12)30-11(5)21/h12-16H,6-9H2,1-5H3. The van der Waals surface area contributed by atoms with Crippen molar-refractivity contribution in [3.05, 3.63) is 0 Å². The van der Waals surface area contributed by atoms with E-state index in [1.54, 1.807) is 6.92 Å². The van der Waals surface area contributed by atoms with E-state index in [0.29, 0.717) is 0 Å². The molecule has 0 radical (unpaired) electrons. The molecule has 0 aromatic carbocycles. The maximum atomic E-state index is 12.1. The Morgan fingerprint density at radius 3 is 1.58 bits per heavy atom. The maximum absolute atomic E-state index is 12.1. The van der Waals surface area contributed by atoms with Crippen LogP contribution in [0.5, 0.6) is 0 Å². The van der Waals surface area contributed by atoms with Gasteiger partial charge in [-0.05, 0) is 20.8 Å². The number of hydrogen-bond donors (Lipinski definition) is 0. The lowest BCUT2D eigenvalue weighted by Gasteiger charge is -2.43. The molecule has 14 heteroatoms. The lowest BCUT2D eigenvalue weighted by molar-refractivity contribution is -0.297. The zero-order chi connectivity index (χ0) is 25.0. The molecule has 0 bridgehead atoms. The zero-order valence-corrected chi connectivity index (χ0v) is 18.9. The molecule has 1 saturated heterocycles. The molecule has 0 amide bonds. The van der Waals surface area contributed by atoms with Gasteiger partial charge in [-0.25, -0.2) is 14.4 Å². The van der Waals surface area contributed by atoms with Gasteiger partial charge in [0, 0.05) is 13.8 Å². The number of esters is 2. The van der Waals surface area contributed by atoms with Crippen LogP contribution >= 0.6 is 0 Å². The minimum absolute atomic E-state index is 0.0201. The van der Waals surface area contributed by atoms with Gasteiger partial charge in [0.05, 0.1) is 19.8 Å². The molecule has 5 atom stereocenters. The Morgan fingerprint density at radius 2 is 1.09 bits per heavy atom. The fraction of sp³-hybridized carbons (Fsp3) is 0.737. The number of rotatable bonds is 9. The van der Waals surface area contributed by atoms with Crippen LogP contribution in [0.2, 0.25) is 0 Å². The number of carbonyl (C=O) groups excluding carboxylic acids is 5. The van der Waals surface area contributed by atoms with Crippen molar-refractivity contribution in [2.45, 2.75) is 65.3 Å². The average Bonchev–Trinajstić information content (AvgIpc) is 2.71. The molecule has 1 fully saturated rings. The molecule has 1 heterocycles. The van der Waals surface area contributed by atoms with E-state index in [1.807, 2.05) is 0 Å². The second-order valence-corrected chi connectivity index (χ2v) is 6.25. The van der Waals surface area contributed by atoms with Crippen LogP contribution in [0.1, 0.15) is 34.6 Å². The lowest BCUT2D eigenvalue weighted by atomic mass is 9.98. The lowest BCUT2D eigenvalue weighted by Crippen LogP contribution is -2.63. The highest BCUT2D eigenvalue weighted by Gasteiger charge is 2.54. The molecule has 33 heavy (non-hydrogen) atoms. The van der Waals surface area contributed by atoms with Crippen molar-refractivity contribution in [1.29, 1.82) is 0 Å². The van der Waals surface area contributed by atoms with E-state index >= 15 is 0 Å². The smallest absolute Gasteiger partial charge is 0.452 e. The zero-order valence-electron chi connectivity index (χ0n) is 18.9. The van der Waals surface area contributed by atoms with Crippen molar-refractivity contribution in [3.63, 3.8) is 0 Å². The van der Waals surface area contributed by atoms with Crippen molar-refractivity contribution < 1.29 is 66.6 Å². The van der Waals surface area contributed by atoms with E-state index in [0.717, 1.165) is 13.8 Å². The van der Waals surface area contributed by atoms with Gasteiger partial charge in [-0.2, -0.15) is 0 Å². The highest BCUT2D eigenvalue weighted by molar-refractivity contribution is 5.67. The largest absolute Gasteiger partial charge is 0.508 e. The Bertz CT molecular complexity index is 692. The topological polar surface area (TPSA) is 168 Å². The SMILES string of the molecule is CCOC(=O)OCC1OC(OC(C)=O)C(OC(C)=O)C(OC(=O)OCC)C1OC(=O)OCC. The quantitative estimate of drug-likeness (QED) is 0.343. The fourth-order valence-electron chi connectivity index (χ4n) is 2.70. The van der Waals surface area contributed by atoms with E-state index in [1.165, 1.54) is 13.8 Å². The summed E-state index contributed by atoms with van der Waals surface area (Å²) in [6, 6.07) is 0. The highest BCUT2D eigenvalue weighted by Crippen LogP contribution is 2.30. The van der Waals surface area contributed by atoms with Crippen molar-refractivity contribution in [2.75, 3.05) is 26.4 Å². The van der Waals surface area contributed by atoms with Gasteiger partial charge in [0.1, 0.15) is 12.7 Å². The number of ether oxygens (including phenoxy) is 9. The van der Waals surface area contributed by atoms with Gasteiger partial charge < -0.3 is 42.6 Å². The van der Waals surface area contributed by atoms with Gasteiger partial charge in [0.2, 0.25) is 12.4 Å². The van der Waals surface area contributed by atoms with Crippen LogP contribution in [0.3, 0.4) is 0 Å². The first kappa shape index (κ1) is 27.7. The Hall–Kier alpha value is -3.29. The molecule has 188 valence electrons. The Labute approximate surface area is 189 Å². The second kappa shape index (κ2) is 14.0. The van der Waals surface area contributed by atoms with Gasteiger partial charge in [-0.1, -0.05) is 0 Å². The van der Waals surface area contributed by atoms with Crippen molar-refractivity contribution >= 4 is 30.4 Å². The van der Waals surface area contributed by atoms with Crippen molar-refractivity contribution in [2.24, 2.45) is 0 Å². The first-order valence-corrected chi connectivity index (χ1v) is 10.1. The van der Waals surface area contributed by atoms with Gasteiger partial charge in [-0.15, -0.1) is 0 Å². The summed E-state index contributed by atoms with van der Waals surface area (Å²) in [5.74, 6) is -1.68. The number of hydrogen-bond acceptors (Lipinski definition) is 14. The molecule has 1 rings (SSSR count). The normalized spacial score (nSPS) is 24.0. The number of carbonyl (C=O) groups is 5. The molecule has 0 spiro atoms. The fourth-order valence-corrected chi connectivity index (χ4v) is 2.70.